The SMILES string of the molecule is C#CCOc1ccc(C(=O)c2ccc(CC(=O)C(=O)NCCc3ccc(OC)cc3)cc2)cc1. The molecule has 1 N–H and O–H groups in total. The number of carbonyl (C=O) groups excluding carboxylic acids is 3. The molecule has 3 aromatic rings. The highest BCUT2D eigenvalue weighted by Crippen LogP contribution is 2.16. The average molecular weight is 456 g/mol. The lowest BCUT2D eigenvalue weighted by atomic mass is 10.0. The van der Waals surface area contributed by atoms with Gasteiger partial charge in [0, 0.05) is 24.1 Å². The fourth-order valence-corrected chi connectivity index (χ4v) is 3.25. The summed E-state index contributed by atoms with van der Waals surface area (Å²) in [7, 11) is 1.60. The van der Waals surface area contributed by atoms with Gasteiger partial charge in [0.25, 0.3) is 5.91 Å². The number of benzene rings is 3. The van der Waals surface area contributed by atoms with Crippen LogP contribution < -0.4 is 14.8 Å². The van der Waals surface area contributed by atoms with Crippen molar-refractivity contribution in [2.24, 2.45) is 0 Å². The van der Waals surface area contributed by atoms with Gasteiger partial charge in [-0.1, -0.05) is 42.3 Å². The molecule has 3 aromatic carbocycles. The smallest absolute Gasteiger partial charge is 0.287 e. The normalized spacial score (nSPS) is 10.1. The Labute approximate surface area is 198 Å². The van der Waals surface area contributed by atoms with Crippen LogP contribution in [0.3, 0.4) is 0 Å². The van der Waals surface area contributed by atoms with Gasteiger partial charge in [-0.3, -0.25) is 14.4 Å². The molecule has 0 saturated carbocycles. The Morgan fingerprint density at radius 2 is 1.38 bits per heavy atom. The third-order valence-corrected chi connectivity index (χ3v) is 5.13. The van der Waals surface area contributed by atoms with Crippen molar-refractivity contribution in [2.45, 2.75) is 12.8 Å². The van der Waals surface area contributed by atoms with Gasteiger partial charge in [-0.05, 0) is 53.9 Å². The molecule has 0 aliphatic heterocycles. The average Bonchev–Trinajstić information content (AvgIpc) is 2.88. The summed E-state index contributed by atoms with van der Waals surface area (Å²) in [5.74, 6) is 2.42. The molecule has 0 saturated heterocycles. The van der Waals surface area contributed by atoms with Crippen LogP contribution in [0.1, 0.15) is 27.0 Å². The van der Waals surface area contributed by atoms with E-state index >= 15 is 0 Å². The highest BCUT2D eigenvalue weighted by atomic mass is 16.5. The number of Topliss-reactive ketones (excluding diaryl/α,β-unsaturated/α-hetero) is 1. The largest absolute Gasteiger partial charge is 0.497 e. The van der Waals surface area contributed by atoms with Crippen LogP contribution in [0.2, 0.25) is 0 Å². The van der Waals surface area contributed by atoms with E-state index in [-0.39, 0.29) is 18.8 Å². The third kappa shape index (κ3) is 6.81. The molecule has 3 rings (SSSR count). The maximum Gasteiger partial charge on any atom is 0.287 e. The molecule has 0 fully saturated rings. The number of nitrogens with one attached hydrogen (secondary N) is 1. The molecule has 0 heterocycles. The summed E-state index contributed by atoms with van der Waals surface area (Å²) in [6.07, 6.45) is 5.74. The first-order valence-corrected chi connectivity index (χ1v) is 10.7. The molecule has 0 aliphatic rings. The molecule has 0 bridgehead atoms. The first-order valence-electron chi connectivity index (χ1n) is 10.7. The summed E-state index contributed by atoms with van der Waals surface area (Å²) in [4.78, 5) is 37.1. The molecular formula is C28H25NO5. The maximum absolute atomic E-state index is 12.7. The Morgan fingerprint density at radius 3 is 1.97 bits per heavy atom. The van der Waals surface area contributed by atoms with Crippen LogP contribution in [-0.4, -0.2) is 37.7 Å². The van der Waals surface area contributed by atoms with Gasteiger partial charge >= 0.3 is 0 Å². The second-order valence-corrected chi connectivity index (χ2v) is 7.50. The predicted molar refractivity (Wildman–Crippen MR) is 129 cm³/mol. The van der Waals surface area contributed by atoms with Crippen molar-refractivity contribution in [3.05, 3.63) is 95.1 Å². The van der Waals surface area contributed by atoms with Gasteiger partial charge in [-0.25, -0.2) is 0 Å². The second-order valence-electron chi connectivity index (χ2n) is 7.50. The van der Waals surface area contributed by atoms with E-state index in [2.05, 4.69) is 11.2 Å². The number of rotatable bonds is 11. The zero-order valence-electron chi connectivity index (χ0n) is 18.9. The van der Waals surface area contributed by atoms with E-state index in [9.17, 15) is 14.4 Å². The van der Waals surface area contributed by atoms with Gasteiger partial charge in [0.15, 0.2) is 5.78 Å². The van der Waals surface area contributed by atoms with Crippen LogP contribution in [0.5, 0.6) is 11.5 Å². The number of ketones is 2. The standard InChI is InChI=1S/C28H25NO5/c1-3-18-34-25-14-10-23(11-15-25)27(31)22-8-4-21(5-9-22)19-26(30)28(32)29-17-16-20-6-12-24(33-2)13-7-20/h1,4-15H,16-19H2,2H3,(H,29,32). The van der Waals surface area contributed by atoms with Gasteiger partial charge in [0.2, 0.25) is 5.78 Å². The van der Waals surface area contributed by atoms with Crippen LogP contribution in [0.15, 0.2) is 72.8 Å². The van der Waals surface area contributed by atoms with Crippen LogP contribution in [0.4, 0.5) is 0 Å². The summed E-state index contributed by atoms with van der Waals surface area (Å²) in [6, 6.07) is 20.9. The van der Waals surface area contributed by atoms with Crippen LogP contribution >= 0.6 is 0 Å². The van der Waals surface area contributed by atoms with E-state index in [1.54, 1.807) is 55.6 Å². The topological polar surface area (TPSA) is 81.7 Å². The lowest BCUT2D eigenvalue weighted by molar-refractivity contribution is -0.137. The molecule has 0 aromatic heterocycles. The summed E-state index contributed by atoms with van der Waals surface area (Å²) in [5.41, 5.74) is 2.68. The summed E-state index contributed by atoms with van der Waals surface area (Å²) in [5, 5.41) is 2.65. The molecule has 1 amide bonds. The molecule has 0 atom stereocenters. The number of hydrogen-bond donors (Lipinski definition) is 1. The van der Waals surface area contributed by atoms with Gasteiger partial charge in [0.1, 0.15) is 18.1 Å². The number of amides is 1. The Morgan fingerprint density at radius 1 is 0.824 bits per heavy atom. The van der Waals surface area contributed by atoms with Gasteiger partial charge in [-0.2, -0.15) is 0 Å². The first-order chi connectivity index (χ1) is 16.5. The molecule has 172 valence electrons. The molecule has 0 unspecified atom stereocenters. The van der Waals surface area contributed by atoms with E-state index in [4.69, 9.17) is 15.9 Å². The van der Waals surface area contributed by atoms with Crippen LogP contribution in [-0.2, 0) is 22.4 Å². The van der Waals surface area contributed by atoms with E-state index in [1.807, 2.05) is 24.3 Å². The van der Waals surface area contributed by atoms with Gasteiger partial charge in [-0.15, -0.1) is 6.42 Å². The Bertz CT molecular complexity index is 1170. The fraction of sp³-hybridized carbons (Fsp3) is 0.179. The van der Waals surface area contributed by atoms with Crippen LogP contribution in [0.25, 0.3) is 0 Å². The molecule has 0 radical (unpaired) electrons. The highest BCUT2D eigenvalue weighted by molar-refractivity contribution is 6.36. The predicted octanol–water partition coefficient (Wildman–Crippen LogP) is 3.41. The first kappa shape index (κ1) is 24.3. The lowest BCUT2D eigenvalue weighted by Crippen LogP contribution is -2.33. The van der Waals surface area contributed by atoms with Crippen molar-refractivity contribution in [2.75, 3.05) is 20.3 Å². The summed E-state index contributed by atoms with van der Waals surface area (Å²) < 4.78 is 10.4. The maximum atomic E-state index is 12.7. The van der Waals surface area contributed by atoms with E-state index in [0.717, 1.165) is 11.3 Å². The minimum Gasteiger partial charge on any atom is -0.497 e. The van der Waals surface area contributed by atoms with Crippen LogP contribution in [0, 0.1) is 12.3 Å². The van der Waals surface area contributed by atoms with Crippen molar-refractivity contribution >= 4 is 17.5 Å². The highest BCUT2D eigenvalue weighted by Gasteiger charge is 2.15. The molecular weight excluding hydrogens is 430 g/mol. The molecule has 0 aliphatic carbocycles. The molecule has 6 heteroatoms. The van der Waals surface area contributed by atoms with Crippen molar-refractivity contribution in [1.29, 1.82) is 0 Å². The molecule has 0 spiro atoms. The van der Waals surface area contributed by atoms with Gasteiger partial charge in [0.05, 0.1) is 7.11 Å². The Hall–Kier alpha value is -4.37. The number of terminal acetylenes is 1. The minimum atomic E-state index is -0.624. The van der Waals surface area contributed by atoms with Crippen molar-refractivity contribution in [3.63, 3.8) is 0 Å². The number of hydrogen-bond acceptors (Lipinski definition) is 5. The molecule has 34 heavy (non-hydrogen) atoms. The lowest BCUT2D eigenvalue weighted by Gasteiger charge is -2.07. The van der Waals surface area contributed by atoms with Gasteiger partial charge < -0.3 is 14.8 Å². The Balaban J connectivity index is 1.49. The number of carbonyl (C=O) groups is 3. The van der Waals surface area contributed by atoms with Crippen molar-refractivity contribution in [1.82, 2.24) is 5.32 Å². The monoisotopic (exact) mass is 455 g/mol. The number of methoxy groups -OCH3 is 1. The van der Waals surface area contributed by atoms with E-state index < -0.39 is 11.7 Å². The van der Waals surface area contributed by atoms with Crippen molar-refractivity contribution < 1.29 is 23.9 Å². The minimum absolute atomic E-state index is 0.0376. The molecule has 6 nitrogen and oxygen atoms in total. The zero-order valence-corrected chi connectivity index (χ0v) is 18.9. The fourth-order valence-electron chi connectivity index (χ4n) is 3.25. The summed E-state index contributed by atoms with van der Waals surface area (Å²) >= 11 is 0. The quantitative estimate of drug-likeness (QED) is 0.272. The number of ether oxygens (including phenoxy) is 2. The van der Waals surface area contributed by atoms with E-state index in [1.165, 1.54) is 0 Å². The Kier molecular flexibility index (Phi) is 8.59. The summed E-state index contributed by atoms with van der Waals surface area (Å²) in [6.45, 7) is 0.519. The van der Waals surface area contributed by atoms with E-state index in [0.29, 0.717) is 35.4 Å². The second kappa shape index (κ2) is 12.0. The van der Waals surface area contributed by atoms with Crippen molar-refractivity contribution in [3.8, 4) is 23.8 Å². The zero-order chi connectivity index (χ0) is 24.3. The third-order valence-electron chi connectivity index (χ3n) is 5.13.